The number of sulfonamides is 1. The number of piperazine rings is 1. The summed E-state index contributed by atoms with van der Waals surface area (Å²) in [5, 5.41) is 1.90. The summed E-state index contributed by atoms with van der Waals surface area (Å²) in [6.45, 7) is 3.76. The molecule has 0 radical (unpaired) electrons. The molecule has 8 heteroatoms. The Bertz CT molecular complexity index is 1310. The van der Waals surface area contributed by atoms with Gasteiger partial charge in [-0.15, -0.1) is 4.40 Å². The van der Waals surface area contributed by atoms with Crippen LogP contribution in [0.25, 0.3) is 10.8 Å². The van der Waals surface area contributed by atoms with Crippen molar-refractivity contribution in [2.75, 3.05) is 39.3 Å². The van der Waals surface area contributed by atoms with E-state index in [0.717, 1.165) is 23.9 Å². The van der Waals surface area contributed by atoms with Crippen LogP contribution in [0, 0.1) is 0 Å². The molecule has 2 aliphatic rings. The summed E-state index contributed by atoms with van der Waals surface area (Å²) in [5.74, 6) is 0.213. The highest BCUT2D eigenvalue weighted by molar-refractivity contribution is 7.90. The highest BCUT2D eigenvalue weighted by Gasteiger charge is 2.32. The summed E-state index contributed by atoms with van der Waals surface area (Å²) in [5.41, 5.74) is 1.25. The van der Waals surface area contributed by atoms with Gasteiger partial charge in [-0.2, -0.15) is 8.42 Å². The first-order valence-corrected chi connectivity index (χ1v) is 12.0. The molecule has 5 rings (SSSR count). The molecular formula is C24H23N3O4S. The number of ether oxygens (including phenoxy) is 1. The fourth-order valence-corrected chi connectivity index (χ4v) is 5.48. The van der Waals surface area contributed by atoms with Gasteiger partial charge >= 0.3 is 5.97 Å². The van der Waals surface area contributed by atoms with E-state index in [4.69, 9.17) is 4.74 Å². The fraction of sp³-hybridized carbons (Fsp3) is 0.250. The molecule has 0 unspecified atom stereocenters. The van der Waals surface area contributed by atoms with Gasteiger partial charge in [0.15, 0.2) is 5.84 Å². The number of hydrogen-bond donors (Lipinski definition) is 0. The first-order valence-electron chi connectivity index (χ1n) is 10.6. The lowest BCUT2D eigenvalue weighted by Crippen LogP contribution is -2.49. The molecule has 0 bridgehead atoms. The summed E-state index contributed by atoms with van der Waals surface area (Å²) in [4.78, 5) is 17.1. The zero-order chi connectivity index (χ0) is 22.1. The van der Waals surface area contributed by atoms with Gasteiger partial charge in [-0.1, -0.05) is 48.5 Å². The maximum absolute atomic E-state index is 12.6. The number of amidine groups is 1. The van der Waals surface area contributed by atoms with Crippen LogP contribution in [0.15, 0.2) is 76.0 Å². The van der Waals surface area contributed by atoms with Gasteiger partial charge < -0.3 is 9.64 Å². The highest BCUT2D eigenvalue weighted by atomic mass is 32.2. The van der Waals surface area contributed by atoms with E-state index in [0.29, 0.717) is 43.2 Å². The van der Waals surface area contributed by atoms with E-state index in [1.54, 1.807) is 24.3 Å². The first-order chi connectivity index (χ1) is 15.5. The van der Waals surface area contributed by atoms with Crippen molar-refractivity contribution >= 4 is 32.6 Å². The molecule has 164 valence electrons. The molecule has 0 aliphatic carbocycles. The summed E-state index contributed by atoms with van der Waals surface area (Å²) >= 11 is 0. The quantitative estimate of drug-likeness (QED) is 0.570. The summed E-state index contributed by atoms with van der Waals surface area (Å²) < 4.78 is 34.2. The lowest BCUT2D eigenvalue weighted by molar-refractivity contribution is 0.0444. The second-order valence-corrected chi connectivity index (χ2v) is 9.45. The molecule has 0 saturated carbocycles. The Morgan fingerprint density at radius 3 is 2.47 bits per heavy atom. The SMILES string of the molecule is O=C(OCCN1CCN(C2=NS(=O)(=O)c3ccccc32)CC1)c1cccc2ccccc12. The second-order valence-electron chi connectivity index (χ2n) is 7.88. The van der Waals surface area contributed by atoms with Crippen LogP contribution >= 0.6 is 0 Å². The van der Waals surface area contributed by atoms with Crippen molar-refractivity contribution < 1.29 is 17.9 Å². The van der Waals surface area contributed by atoms with Crippen LogP contribution in [0.4, 0.5) is 0 Å². The lowest BCUT2D eigenvalue weighted by atomic mass is 10.1. The van der Waals surface area contributed by atoms with E-state index in [9.17, 15) is 13.2 Å². The fourth-order valence-electron chi connectivity index (χ4n) is 4.25. The molecule has 0 atom stereocenters. The predicted molar refractivity (Wildman–Crippen MR) is 122 cm³/mol. The third-order valence-corrected chi connectivity index (χ3v) is 7.26. The normalized spacial score (nSPS) is 17.8. The molecular weight excluding hydrogens is 426 g/mol. The van der Waals surface area contributed by atoms with Crippen LogP contribution in [0.5, 0.6) is 0 Å². The van der Waals surface area contributed by atoms with Crippen molar-refractivity contribution in [3.63, 3.8) is 0 Å². The number of nitrogens with zero attached hydrogens (tertiary/aromatic N) is 3. The minimum Gasteiger partial charge on any atom is -0.461 e. The maximum atomic E-state index is 12.6. The number of esters is 1. The monoisotopic (exact) mass is 449 g/mol. The van der Waals surface area contributed by atoms with E-state index >= 15 is 0 Å². The Morgan fingerprint density at radius 2 is 1.62 bits per heavy atom. The van der Waals surface area contributed by atoms with Gasteiger partial charge in [-0.05, 0) is 29.0 Å². The average molecular weight is 450 g/mol. The maximum Gasteiger partial charge on any atom is 0.338 e. The van der Waals surface area contributed by atoms with Gasteiger partial charge in [0.25, 0.3) is 10.0 Å². The molecule has 0 aromatic heterocycles. The van der Waals surface area contributed by atoms with Crippen LogP contribution in [0.3, 0.4) is 0 Å². The van der Waals surface area contributed by atoms with E-state index in [1.807, 2.05) is 47.4 Å². The summed E-state index contributed by atoms with van der Waals surface area (Å²) in [7, 11) is -3.61. The van der Waals surface area contributed by atoms with Gasteiger partial charge in [0, 0.05) is 38.3 Å². The Hall–Kier alpha value is -3.23. The van der Waals surface area contributed by atoms with Crippen molar-refractivity contribution in [1.82, 2.24) is 9.80 Å². The molecule has 3 aromatic carbocycles. The first kappa shape index (κ1) is 20.7. The summed E-state index contributed by atoms with van der Waals surface area (Å²) in [6, 6.07) is 20.3. The number of rotatable bonds is 4. The van der Waals surface area contributed by atoms with E-state index in [2.05, 4.69) is 9.30 Å². The van der Waals surface area contributed by atoms with Crippen molar-refractivity contribution in [2.24, 2.45) is 4.40 Å². The number of benzene rings is 3. The predicted octanol–water partition coefficient (Wildman–Crippen LogP) is 2.76. The van der Waals surface area contributed by atoms with E-state index < -0.39 is 10.0 Å². The van der Waals surface area contributed by atoms with E-state index in [1.165, 1.54) is 0 Å². The molecule has 0 N–H and O–H groups in total. The molecule has 0 spiro atoms. The van der Waals surface area contributed by atoms with Crippen LogP contribution < -0.4 is 0 Å². The zero-order valence-corrected chi connectivity index (χ0v) is 18.3. The largest absolute Gasteiger partial charge is 0.461 e. The number of fused-ring (bicyclic) bond motifs is 2. The molecule has 3 aromatic rings. The van der Waals surface area contributed by atoms with Gasteiger partial charge in [0.05, 0.1) is 5.56 Å². The molecule has 7 nitrogen and oxygen atoms in total. The smallest absolute Gasteiger partial charge is 0.338 e. The minimum absolute atomic E-state index is 0.276. The molecule has 1 fully saturated rings. The lowest BCUT2D eigenvalue weighted by Gasteiger charge is -2.35. The van der Waals surface area contributed by atoms with E-state index in [-0.39, 0.29) is 10.9 Å². The Labute approximate surface area is 187 Å². The van der Waals surface area contributed by atoms with Crippen molar-refractivity contribution in [2.45, 2.75) is 4.90 Å². The van der Waals surface area contributed by atoms with Gasteiger partial charge in [0.2, 0.25) is 0 Å². The van der Waals surface area contributed by atoms with Crippen LogP contribution in [0.1, 0.15) is 15.9 Å². The van der Waals surface area contributed by atoms with Crippen molar-refractivity contribution in [1.29, 1.82) is 0 Å². The third-order valence-electron chi connectivity index (χ3n) is 5.93. The van der Waals surface area contributed by atoms with Crippen LogP contribution in [-0.4, -0.2) is 69.4 Å². The standard InChI is InChI=1S/C24H23N3O4S/c28-24(20-10-5-7-18-6-1-2-8-19(18)20)31-17-16-26-12-14-27(15-13-26)23-21-9-3-4-11-22(21)32(29,30)25-23/h1-11H,12-17H2. The molecule has 32 heavy (non-hydrogen) atoms. The van der Waals surface area contributed by atoms with Crippen molar-refractivity contribution in [3.05, 3.63) is 77.9 Å². The van der Waals surface area contributed by atoms with Crippen LogP contribution in [-0.2, 0) is 14.8 Å². The zero-order valence-electron chi connectivity index (χ0n) is 17.5. The third kappa shape index (κ3) is 3.87. The number of carbonyl (C=O) groups is 1. The minimum atomic E-state index is -3.61. The van der Waals surface area contributed by atoms with Gasteiger partial charge in [-0.25, -0.2) is 4.79 Å². The van der Waals surface area contributed by atoms with Crippen molar-refractivity contribution in [3.8, 4) is 0 Å². The molecule has 0 amide bonds. The molecule has 2 heterocycles. The van der Waals surface area contributed by atoms with Gasteiger partial charge in [-0.3, -0.25) is 4.90 Å². The Balaban J connectivity index is 1.16. The van der Waals surface area contributed by atoms with Gasteiger partial charge in [0.1, 0.15) is 11.5 Å². The molecule has 1 saturated heterocycles. The van der Waals surface area contributed by atoms with Crippen LogP contribution in [0.2, 0.25) is 0 Å². The molecule has 2 aliphatic heterocycles. The summed E-state index contributed by atoms with van der Waals surface area (Å²) in [6.07, 6.45) is 0. The number of carbonyl (C=O) groups excluding carboxylic acids is 1. The highest BCUT2D eigenvalue weighted by Crippen LogP contribution is 2.27. The Kier molecular flexibility index (Phi) is 5.40. The number of hydrogen-bond acceptors (Lipinski definition) is 6. The topological polar surface area (TPSA) is 79.3 Å². The Morgan fingerprint density at radius 1 is 0.906 bits per heavy atom. The average Bonchev–Trinajstić information content (AvgIpc) is 3.10. The second kappa shape index (κ2) is 8.37.